The predicted molar refractivity (Wildman–Crippen MR) is 75.4 cm³/mol. The van der Waals surface area contributed by atoms with Crippen molar-refractivity contribution in [3.63, 3.8) is 0 Å². The molecule has 0 saturated carbocycles. The molecule has 0 spiro atoms. The molecule has 1 aliphatic heterocycles. The molecule has 2 rings (SSSR count). The molecule has 1 aliphatic rings. The summed E-state index contributed by atoms with van der Waals surface area (Å²) >= 11 is 3.16. The zero-order valence-corrected chi connectivity index (χ0v) is 12.8. The van der Waals surface area contributed by atoms with Crippen molar-refractivity contribution in [2.45, 2.75) is 12.8 Å². The highest BCUT2D eigenvalue weighted by Gasteiger charge is 2.23. The van der Waals surface area contributed by atoms with Gasteiger partial charge in [0, 0.05) is 19.6 Å². The van der Waals surface area contributed by atoms with Crippen molar-refractivity contribution in [2.75, 3.05) is 26.7 Å². The molecule has 0 aromatic carbocycles. The molecule has 0 radical (unpaired) electrons. The molecule has 7 heteroatoms. The molecule has 0 aliphatic carbocycles. The molecule has 0 bridgehead atoms. The van der Waals surface area contributed by atoms with Crippen LogP contribution in [0.5, 0.6) is 0 Å². The summed E-state index contributed by atoms with van der Waals surface area (Å²) in [5.41, 5.74) is 0. The number of nitrogens with zero attached hydrogens (tertiary/aromatic N) is 1. The van der Waals surface area contributed by atoms with Crippen molar-refractivity contribution in [1.29, 1.82) is 0 Å². The Labute approximate surface area is 125 Å². The van der Waals surface area contributed by atoms with Crippen molar-refractivity contribution in [3.8, 4) is 0 Å². The van der Waals surface area contributed by atoms with Crippen LogP contribution in [0.2, 0.25) is 0 Å². The Bertz CT molecular complexity index is 480. The molecule has 0 unspecified atom stereocenters. The van der Waals surface area contributed by atoms with Gasteiger partial charge < -0.3 is 19.4 Å². The molecule has 1 fully saturated rings. The normalized spacial score (nSPS) is 16.0. The van der Waals surface area contributed by atoms with E-state index in [2.05, 4.69) is 26.0 Å². The first-order valence-electron chi connectivity index (χ1n) is 6.46. The van der Waals surface area contributed by atoms with E-state index in [9.17, 15) is 9.59 Å². The number of carbonyl (C=O) groups is 2. The van der Waals surface area contributed by atoms with Crippen LogP contribution >= 0.6 is 15.9 Å². The average Bonchev–Trinajstić information content (AvgIpc) is 2.91. The number of hydrogen-bond acceptors (Lipinski definition) is 4. The first kappa shape index (κ1) is 14.9. The lowest BCUT2D eigenvalue weighted by molar-refractivity contribution is 0.0889. The Morgan fingerprint density at radius 3 is 2.70 bits per heavy atom. The number of amides is 2. The highest BCUT2D eigenvalue weighted by Crippen LogP contribution is 2.18. The summed E-state index contributed by atoms with van der Waals surface area (Å²) in [4.78, 5) is 24.8. The standard InChI is InChI=1S/C13H17BrN2O4/c1-19-13(18)16-6-4-9(5-7-16)8-15-12(17)10-2-3-11(14)20-10/h2-3,9H,4-8H2,1H3,(H,15,17). The number of furan rings is 1. The number of halogens is 1. The van der Waals surface area contributed by atoms with Crippen molar-refractivity contribution < 1.29 is 18.7 Å². The Kier molecular flexibility index (Phi) is 5.05. The monoisotopic (exact) mass is 344 g/mol. The van der Waals surface area contributed by atoms with E-state index in [1.807, 2.05) is 0 Å². The van der Waals surface area contributed by atoms with Crippen LogP contribution in [0.3, 0.4) is 0 Å². The quantitative estimate of drug-likeness (QED) is 0.912. The third-order valence-electron chi connectivity index (χ3n) is 3.40. The largest absolute Gasteiger partial charge is 0.453 e. The Balaban J connectivity index is 1.73. The summed E-state index contributed by atoms with van der Waals surface area (Å²) in [5, 5.41) is 2.85. The fraction of sp³-hybridized carbons (Fsp3) is 0.538. The van der Waals surface area contributed by atoms with Crippen LogP contribution in [0.25, 0.3) is 0 Å². The van der Waals surface area contributed by atoms with Gasteiger partial charge in [-0.25, -0.2) is 4.79 Å². The van der Waals surface area contributed by atoms with Crippen LogP contribution in [-0.4, -0.2) is 43.6 Å². The van der Waals surface area contributed by atoms with Crippen molar-refractivity contribution in [2.24, 2.45) is 5.92 Å². The zero-order chi connectivity index (χ0) is 14.5. The molecule has 1 saturated heterocycles. The number of hydrogen-bond donors (Lipinski definition) is 1. The minimum Gasteiger partial charge on any atom is -0.453 e. The summed E-state index contributed by atoms with van der Waals surface area (Å²) < 4.78 is 10.4. The van der Waals surface area contributed by atoms with Gasteiger partial charge in [-0.05, 0) is 46.8 Å². The van der Waals surface area contributed by atoms with Crippen LogP contribution in [0.1, 0.15) is 23.4 Å². The van der Waals surface area contributed by atoms with E-state index in [1.54, 1.807) is 17.0 Å². The number of likely N-dealkylation sites (tertiary alicyclic amines) is 1. The Morgan fingerprint density at radius 1 is 1.45 bits per heavy atom. The van der Waals surface area contributed by atoms with Gasteiger partial charge in [-0.15, -0.1) is 0 Å². The van der Waals surface area contributed by atoms with Crippen molar-refractivity contribution in [1.82, 2.24) is 10.2 Å². The lowest BCUT2D eigenvalue weighted by Gasteiger charge is -2.30. The van der Waals surface area contributed by atoms with E-state index in [-0.39, 0.29) is 12.0 Å². The van der Waals surface area contributed by atoms with Gasteiger partial charge in [0.1, 0.15) is 0 Å². The van der Waals surface area contributed by atoms with Crippen molar-refractivity contribution >= 4 is 27.9 Å². The average molecular weight is 345 g/mol. The first-order valence-corrected chi connectivity index (χ1v) is 7.26. The summed E-state index contributed by atoms with van der Waals surface area (Å²) in [6.45, 7) is 1.92. The highest BCUT2D eigenvalue weighted by molar-refractivity contribution is 9.10. The number of carbonyl (C=O) groups excluding carboxylic acids is 2. The fourth-order valence-corrected chi connectivity index (χ4v) is 2.52. The Morgan fingerprint density at radius 2 is 2.15 bits per heavy atom. The summed E-state index contributed by atoms with van der Waals surface area (Å²) in [6, 6.07) is 3.31. The van der Waals surface area contributed by atoms with Gasteiger partial charge in [-0.3, -0.25) is 4.79 Å². The molecule has 1 N–H and O–H groups in total. The molecular weight excluding hydrogens is 328 g/mol. The summed E-state index contributed by atoms with van der Waals surface area (Å²) in [6.07, 6.45) is 1.43. The van der Waals surface area contributed by atoms with Crippen LogP contribution in [0.4, 0.5) is 4.79 Å². The van der Waals surface area contributed by atoms with Crippen LogP contribution in [0, 0.1) is 5.92 Å². The maximum absolute atomic E-state index is 11.8. The van der Waals surface area contributed by atoms with E-state index >= 15 is 0 Å². The maximum atomic E-state index is 11.8. The Hall–Kier alpha value is -1.50. The molecule has 1 aromatic heterocycles. The van der Waals surface area contributed by atoms with E-state index in [0.717, 1.165) is 12.8 Å². The second kappa shape index (κ2) is 6.78. The second-order valence-corrected chi connectivity index (χ2v) is 5.50. The van der Waals surface area contributed by atoms with Gasteiger partial charge in [0.15, 0.2) is 10.4 Å². The van der Waals surface area contributed by atoms with Gasteiger partial charge in [0.25, 0.3) is 5.91 Å². The SMILES string of the molecule is COC(=O)N1CCC(CNC(=O)c2ccc(Br)o2)CC1. The molecule has 110 valence electrons. The smallest absolute Gasteiger partial charge is 0.409 e. The van der Waals surface area contributed by atoms with Crippen molar-refractivity contribution in [3.05, 3.63) is 22.6 Å². The number of ether oxygens (including phenoxy) is 1. The number of nitrogens with one attached hydrogen (secondary N) is 1. The van der Waals surface area contributed by atoms with Gasteiger partial charge >= 0.3 is 6.09 Å². The fourth-order valence-electron chi connectivity index (χ4n) is 2.21. The predicted octanol–water partition coefficient (Wildman–Crippen LogP) is 2.25. The molecule has 6 nitrogen and oxygen atoms in total. The third-order valence-corrected chi connectivity index (χ3v) is 3.82. The van der Waals surface area contributed by atoms with Gasteiger partial charge in [0.2, 0.25) is 0 Å². The minimum absolute atomic E-state index is 0.217. The van der Waals surface area contributed by atoms with Gasteiger partial charge in [-0.2, -0.15) is 0 Å². The lowest BCUT2D eigenvalue weighted by atomic mass is 9.97. The molecular formula is C13H17BrN2O4. The molecule has 0 atom stereocenters. The van der Waals surface area contributed by atoms with E-state index in [0.29, 0.717) is 36.0 Å². The molecule has 1 aromatic rings. The second-order valence-electron chi connectivity index (χ2n) is 4.71. The summed E-state index contributed by atoms with van der Waals surface area (Å²) in [5.74, 6) is 0.452. The number of piperidine rings is 1. The number of rotatable bonds is 3. The zero-order valence-electron chi connectivity index (χ0n) is 11.2. The highest BCUT2D eigenvalue weighted by atomic mass is 79.9. The van der Waals surface area contributed by atoms with E-state index < -0.39 is 0 Å². The summed E-state index contributed by atoms with van der Waals surface area (Å²) in [7, 11) is 1.39. The van der Waals surface area contributed by atoms with Gasteiger partial charge in [0.05, 0.1) is 7.11 Å². The minimum atomic E-state index is -0.284. The molecule has 20 heavy (non-hydrogen) atoms. The first-order chi connectivity index (χ1) is 9.60. The van der Waals surface area contributed by atoms with Crippen LogP contribution < -0.4 is 5.32 Å². The lowest BCUT2D eigenvalue weighted by Crippen LogP contribution is -2.41. The van der Waals surface area contributed by atoms with E-state index in [1.165, 1.54) is 7.11 Å². The number of methoxy groups -OCH3 is 1. The van der Waals surface area contributed by atoms with Crippen LogP contribution in [0.15, 0.2) is 21.2 Å². The molecule has 2 heterocycles. The molecule has 2 amide bonds. The van der Waals surface area contributed by atoms with Gasteiger partial charge in [-0.1, -0.05) is 0 Å². The van der Waals surface area contributed by atoms with E-state index in [4.69, 9.17) is 4.42 Å². The third kappa shape index (κ3) is 3.75. The topological polar surface area (TPSA) is 71.8 Å². The maximum Gasteiger partial charge on any atom is 0.409 e. The van der Waals surface area contributed by atoms with Crippen LogP contribution in [-0.2, 0) is 4.74 Å².